The van der Waals surface area contributed by atoms with Gasteiger partial charge >= 0.3 is 0 Å². The van der Waals surface area contributed by atoms with Crippen LogP contribution >= 0.6 is 15.9 Å². The summed E-state index contributed by atoms with van der Waals surface area (Å²) >= 11 is 3.06. The molecule has 13 heavy (non-hydrogen) atoms. The van der Waals surface area contributed by atoms with Crippen LogP contribution in [0.1, 0.15) is 31.4 Å². The Bertz CT molecular complexity index is 288. The van der Waals surface area contributed by atoms with Crippen LogP contribution in [0.3, 0.4) is 0 Å². The van der Waals surface area contributed by atoms with Crippen LogP contribution in [-0.4, -0.2) is 5.11 Å². The molecule has 3 heteroatoms. The van der Waals surface area contributed by atoms with Crippen LogP contribution in [0.25, 0.3) is 0 Å². The van der Waals surface area contributed by atoms with E-state index in [1.165, 1.54) is 6.07 Å². The van der Waals surface area contributed by atoms with E-state index in [1.807, 2.05) is 6.92 Å². The second-order valence-electron chi connectivity index (χ2n) is 2.98. The highest BCUT2D eigenvalue weighted by molar-refractivity contribution is 9.10. The monoisotopic (exact) mass is 246 g/mol. The van der Waals surface area contributed by atoms with E-state index in [0.717, 1.165) is 6.42 Å². The second-order valence-corrected chi connectivity index (χ2v) is 3.83. The first kappa shape index (κ1) is 10.7. The lowest BCUT2D eigenvalue weighted by Crippen LogP contribution is -1.97. The zero-order chi connectivity index (χ0) is 9.84. The minimum atomic E-state index is -0.549. The van der Waals surface area contributed by atoms with Crippen LogP contribution in [0, 0.1) is 5.82 Å². The third-order valence-corrected chi connectivity index (χ3v) is 2.53. The van der Waals surface area contributed by atoms with Crippen molar-refractivity contribution in [2.45, 2.75) is 25.9 Å². The Balaban J connectivity index is 2.84. The lowest BCUT2D eigenvalue weighted by atomic mass is 10.1. The standard InChI is InChI=1S/C10H12BrFO/c1-2-3-10(13)7-4-5-8(11)9(12)6-7/h4-6,10,13H,2-3H2,1H3. The third kappa shape index (κ3) is 2.78. The van der Waals surface area contributed by atoms with Crippen molar-refractivity contribution in [3.8, 4) is 0 Å². The molecule has 0 amide bonds. The van der Waals surface area contributed by atoms with Gasteiger partial charge in [0.05, 0.1) is 10.6 Å². The molecule has 0 heterocycles. The van der Waals surface area contributed by atoms with E-state index in [2.05, 4.69) is 15.9 Å². The molecule has 0 aliphatic rings. The number of halogens is 2. The first-order valence-corrected chi connectivity index (χ1v) is 5.07. The summed E-state index contributed by atoms with van der Waals surface area (Å²) in [5, 5.41) is 9.55. The summed E-state index contributed by atoms with van der Waals surface area (Å²) in [4.78, 5) is 0. The third-order valence-electron chi connectivity index (χ3n) is 1.89. The summed E-state index contributed by atoms with van der Waals surface area (Å²) in [6.07, 6.45) is 1.01. The predicted molar refractivity (Wildman–Crippen MR) is 54.0 cm³/mol. The lowest BCUT2D eigenvalue weighted by molar-refractivity contribution is 0.166. The first-order valence-electron chi connectivity index (χ1n) is 4.28. The smallest absolute Gasteiger partial charge is 0.137 e. The van der Waals surface area contributed by atoms with Crippen molar-refractivity contribution in [2.24, 2.45) is 0 Å². The van der Waals surface area contributed by atoms with E-state index in [0.29, 0.717) is 16.5 Å². The van der Waals surface area contributed by atoms with Crippen LogP contribution < -0.4 is 0 Å². The van der Waals surface area contributed by atoms with Gasteiger partial charge in [-0.3, -0.25) is 0 Å². The molecule has 1 atom stereocenters. The van der Waals surface area contributed by atoms with Crippen molar-refractivity contribution < 1.29 is 9.50 Å². The van der Waals surface area contributed by atoms with Crippen LogP contribution in [0.2, 0.25) is 0 Å². The van der Waals surface area contributed by atoms with Crippen molar-refractivity contribution in [1.29, 1.82) is 0 Å². The highest BCUT2D eigenvalue weighted by Gasteiger charge is 2.08. The Kier molecular flexibility index (Phi) is 3.88. The Morgan fingerprint density at radius 3 is 2.77 bits per heavy atom. The molecule has 1 unspecified atom stereocenters. The molecule has 72 valence electrons. The highest BCUT2D eigenvalue weighted by atomic mass is 79.9. The van der Waals surface area contributed by atoms with Gasteiger partial charge in [0.25, 0.3) is 0 Å². The molecule has 0 aliphatic heterocycles. The quantitative estimate of drug-likeness (QED) is 0.867. The van der Waals surface area contributed by atoms with Gasteiger partial charge in [-0.15, -0.1) is 0 Å². The van der Waals surface area contributed by atoms with Gasteiger partial charge in [0.2, 0.25) is 0 Å². The molecule has 0 bridgehead atoms. The molecular formula is C10H12BrFO. The van der Waals surface area contributed by atoms with Crippen molar-refractivity contribution in [1.82, 2.24) is 0 Å². The highest BCUT2D eigenvalue weighted by Crippen LogP contribution is 2.23. The molecule has 0 aliphatic carbocycles. The molecule has 0 aromatic heterocycles. The molecule has 1 aromatic carbocycles. The average molecular weight is 247 g/mol. The number of aliphatic hydroxyl groups excluding tert-OH is 1. The fraction of sp³-hybridized carbons (Fsp3) is 0.400. The molecule has 1 N–H and O–H groups in total. The largest absolute Gasteiger partial charge is 0.388 e. The van der Waals surface area contributed by atoms with Gasteiger partial charge in [0.15, 0.2) is 0 Å². The maximum atomic E-state index is 13.0. The van der Waals surface area contributed by atoms with E-state index in [4.69, 9.17) is 0 Å². The molecule has 1 aromatic rings. The van der Waals surface area contributed by atoms with Crippen LogP contribution in [0.15, 0.2) is 22.7 Å². The minimum absolute atomic E-state index is 0.326. The molecule has 1 nitrogen and oxygen atoms in total. The van der Waals surface area contributed by atoms with Crippen LogP contribution in [0.4, 0.5) is 4.39 Å². The van der Waals surface area contributed by atoms with Crippen LogP contribution in [-0.2, 0) is 0 Å². The summed E-state index contributed by atoms with van der Waals surface area (Å²) in [6.45, 7) is 1.98. The Labute approximate surface area is 85.7 Å². The summed E-state index contributed by atoms with van der Waals surface area (Å²) in [5.41, 5.74) is 0.641. The zero-order valence-corrected chi connectivity index (χ0v) is 9.01. The minimum Gasteiger partial charge on any atom is -0.388 e. The fourth-order valence-corrected chi connectivity index (χ4v) is 1.41. The van der Waals surface area contributed by atoms with E-state index in [-0.39, 0.29) is 5.82 Å². The van der Waals surface area contributed by atoms with Crippen molar-refractivity contribution in [3.63, 3.8) is 0 Å². The number of aliphatic hydroxyl groups is 1. The van der Waals surface area contributed by atoms with Gasteiger partial charge in [-0.05, 0) is 40.0 Å². The Morgan fingerprint density at radius 1 is 1.54 bits per heavy atom. The topological polar surface area (TPSA) is 20.2 Å². The van der Waals surface area contributed by atoms with Crippen molar-refractivity contribution >= 4 is 15.9 Å². The molecule has 0 fully saturated rings. The second kappa shape index (κ2) is 4.72. The van der Waals surface area contributed by atoms with Gasteiger partial charge in [-0.25, -0.2) is 4.39 Å². The summed E-state index contributed by atoms with van der Waals surface area (Å²) < 4.78 is 13.5. The van der Waals surface area contributed by atoms with E-state index < -0.39 is 6.10 Å². The Morgan fingerprint density at radius 2 is 2.23 bits per heavy atom. The molecule has 0 radical (unpaired) electrons. The molecular weight excluding hydrogens is 235 g/mol. The van der Waals surface area contributed by atoms with Gasteiger partial charge < -0.3 is 5.11 Å². The first-order chi connectivity index (χ1) is 6.15. The van der Waals surface area contributed by atoms with Gasteiger partial charge in [0, 0.05) is 0 Å². The molecule has 0 saturated carbocycles. The molecule has 1 rings (SSSR count). The van der Waals surface area contributed by atoms with E-state index >= 15 is 0 Å². The SMILES string of the molecule is CCCC(O)c1ccc(Br)c(F)c1. The summed E-state index contributed by atoms with van der Waals surface area (Å²) in [6, 6.07) is 4.71. The number of benzene rings is 1. The normalized spacial score (nSPS) is 12.9. The Hall–Kier alpha value is -0.410. The van der Waals surface area contributed by atoms with Gasteiger partial charge in [0.1, 0.15) is 5.82 Å². The summed E-state index contributed by atoms with van der Waals surface area (Å²) in [5.74, 6) is -0.326. The van der Waals surface area contributed by atoms with E-state index in [1.54, 1.807) is 12.1 Å². The maximum Gasteiger partial charge on any atom is 0.137 e. The molecule has 0 spiro atoms. The zero-order valence-electron chi connectivity index (χ0n) is 7.43. The van der Waals surface area contributed by atoms with Crippen molar-refractivity contribution in [3.05, 3.63) is 34.1 Å². The number of rotatable bonds is 3. The fourth-order valence-electron chi connectivity index (χ4n) is 1.16. The lowest BCUT2D eigenvalue weighted by Gasteiger charge is -2.09. The van der Waals surface area contributed by atoms with Gasteiger partial charge in [-0.1, -0.05) is 19.4 Å². The summed E-state index contributed by atoms with van der Waals surface area (Å²) in [7, 11) is 0. The van der Waals surface area contributed by atoms with E-state index in [9.17, 15) is 9.50 Å². The average Bonchev–Trinajstić information content (AvgIpc) is 2.10. The molecule has 0 saturated heterocycles. The van der Waals surface area contributed by atoms with Gasteiger partial charge in [-0.2, -0.15) is 0 Å². The van der Waals surface area contributed by atoms with Crippen LogP contribution in [0.5, 0.6) is 0 Å². The predicted octanol–water partition coefficient (Wildman–Crippen LogP) is 3.42. The number of hydrogen-bond acceptors (Lipinski definition) is 1. The number of hydrogen-bond donors (Lipinski definition) is 1. The maximum absolute atomic E-state index is 13.0. The van der Waals surface area contributed by atoms with Crippen molar-refractivity contribution in [2.75, 3.05) is 0 Å².